The van der Waals surface area contributed by atoms with Gasteiger partial charge in [-0.25, -0.2) is 0 Å². The molecule has 1 N–H and O–H groups in total. The number of hydrogen-bond donors (Lipinski definition) is 1. The molecule has 0 radical (unpaired) electrons. The van der Waals surface area contributed by atoms with Crippen molar-refractivity contribution in [2.45, 2.75) is 18.6 Å². The van der Waals surface area contributed by atoms with Gasteiger partial charge < -0.3 is 19.5 Å². The lowest BCUT2D eigenvalue weighted by atomic mass is 10.1. The Balaban J connectivity index is 1.60. The molecule has 2 aromatic carbocycles. The summed E-state index contributed by atoms with van der Waals surface area (Å²) in [6.45, 7) is 2.58. The van der Waals surface area contributed by atoms with E-state index in [0.29, 0.717) is 29.7 Å². The van der Waals surface area contributed by atoms with E-state index in [-0.39, 0.29) is 11.2 Å². The van der Waals surface area contributed by atoms with E-state index >= 15 is 0 Å². The minimum atomic E-state index is -0.233. The van der Waals surface area contributed by atoms with Crippen molar-refractivity contribution in [2.75, 3.05) is 20.8 Å². The van der Waals surface area contributed by atoms with E-state index in [9.17, 15) is 4.79 Å². The molecule has 1 unspecified atom stereocenters. The summed E-state index contributed by atoms with van der Waals surface area (Å²) in [6.07, 6.45) is 2.21. The summed E-state index contributed by atoms with van der Waals surface area (Å²) in [6, 6.07) is 13.2. The van der Waals surface area contributed by atoms with E-state index in [4.69, 9.17) is 14.2 Å². The molecule has 2 aromatic rings. The summed E-state index contributed by atoms with van der Waals surface area (Å²) >= 11 is 1.38. The molecule has 0 aromatic heterocycles. The van der Waals surface area contributed by atoms with Crippen molar-refractivity contribution in [3.63, 3.8) is 0 Å². The summed E-state index contributed by atoms with van der Waals surface area (Å²) in [5.41, 5.74) is 1.88. The Bertz CT molecular complexity index is 913. The van der Waals surface area contributed by atoms with Gasteiger partial charge in [0, 0.05) is 0 Å². The van der Waals surface area contributed by atoms with Crippen LogP contribution in [-0.2, 0) is 11.2 Å². The van der Waals surface area contributed by atoms with Gasteiger partial charge in [0.15, 0.2) is 16.7 Å². The number of nitrogens with zero attached hydrogens (tertiary/aromatic N) is 2. The Morgan fingerprint density at radius 3 is 2.55 bits per heavy atom. The summed E-state index contributed by atoms with van der Waals surface area (Å²) in [4.78, 5) is 12.2. The van der Waals surface area contributed by atoms with Crippen molar-refractivity contribution in [1.29, 1.82) is 0 Å². The van der Waals surface area contributed by atoms with Crippen LogP contribution >= 0.6 is 11.8 Å². The van der Waals surface area contributed by atoms with Crippen LogP contribution in [0.5, 0.6) is 17.2 Å². The van der Waals surface area contributed by atoms with Crippen LogP contribution in [0.15, 0.2) is 52.7 Å². The molecule has 1 fully saturated rings. The molecule has 1 atom stereocenters. The third kappa shape index (κ3) is 5.51. The third-order valence-corrected chi connectivity index (χ3v) is 5.27. The number of hydrogen-bond acceptors (Lipinski definition) is 7. The number of methoxy groups -OCH3 is 2. The predicted octanol–water partition coefficient (Wildman–Crippen LogP) is 3.27. The topological polar surface area (TPSA) is 81.5 Å². The van der Waals surface area contributed by atoms with Crippen molar-refractivity contribution in [1.82, 2.24) is 5.32 Å². The molecule has 0 bridgehead atoms. The van der Waals surface area contributed by atoms with Crippen molar-refractivity contribution in [2.24, 2.45) is 10.2 Å². The quantitative estimate of drug-likeness (QED) is 0.531. The first-order valence-electron chi connectivity index (χ1n) is 9.15. The van der Waals surface area contributed by atoms with Gasteiger partial charge in [-0.15, -0.1) is 5.10 Å². The molecular weight excluding hydrogens is 390 g/mol. The van der Waals surface area contributed by atoms with Gasteiger partial charge in [-0.1, -0.05) is 23.9 Å². The number of carbonyl (C=O) groups is 1. The van der Waals surface area contributed by atoms with Gasteiger partial charge in [0.05, 0.1) is 32.3 Å². The lowest BCUT2D eigenvalue weighted by Gasteiger charge is -2.07. The number of amidine groups is 1. The fourth-order valence-electron chi connectivity index (χ4n) is 2.77. The van der Waals surface area contributed by atoms with E-state index in [0.717, 1.165) is 16.9 Å². The second-order valence-electron chi connectivity index (χ2n) is 6.14. The summed E-state index contributed by atoms with van der Waals surface area (Å²) in [7, 11) is 3.16. The zero-order chi connectivity index (χ0) is 20.6. The Morgan fingerprint density at radius 2 is 1.86 bits per heavy atom. The first-order chi connectivity index (χ1) is 14.1. The molecule has 0 saturated carbocycles. The molecule has 7 nitrogen and oxygen atoms in total. The van der Waals surface area contributed by atoms with Gasteiger partial charge in [0.25, 0.3) is 0 Å². The highest BCUT2D eigenvalue weighted by Gasteiger charge is 2.30. The second kappa shape index (κ2) is 9.97. The van der Waals surface area contributed by atoms with Gasteiger partial charge in [0.1, 0.15) is 5.75 Å². The molecule has 1 saturated heterocycles. The van der Waals surface area contributed by atoms with Crippen LogP contribution in [0.4, 0.5) is 0 Å². The first kappa shape index (κ1) is 20.7. The van der Waals surface area contributed by atoms with Gasteiger partial charge in [0.2, 0.25) is 5.91 Å². The van der Waals surface area contributed by atoms with E-state index in [1.165, 1.54) is 11.8 Å². The smallest absolute Gasteiger partial charge is 0.239 e. The lowest BCUT2D eigenvalue weighted by Crippen LogP contribution is -2.25. The Kier molecular flexibility index (Phi) is 7.13. The number of ether oxygens (including phenoxy) is 3. The third-order valence-electron chi connectivity index (χ3n) is 4.19. The first-order valence-corrected chi connectivity index (χ1v) is 10.0. The average Bonchev–Trinajstić information content (AvgIpc) is 3.08. The Labute approximate surface area is 174 Å². The fraction of sp³-hybridized carbons (Fsp3) is 0.286. The van der Waals surface area contributed by atoms with Gasteiger partial charge in [-0.05, 0) is 54.8 Å². The molecule has 0 spiro atoms. The molecular formula is C21H23N3O4S. The van der Waals surface area contributed by atoms with Crippen molar-refractivity contribution >= 4 is 29.1 Å². The number of rotatable bonds is 8. The Morgan fingerprint density at radius 1 is 1.10 bits per heavy atom. The standard InChI is InChI=1S/C21H23N3O4S/c1-4-28-16-8-5-14(6-9-16)12-19-20(25)23-21(29-19)24-22-13-15-7-10-17(26-2)18(11-15)27-3/h5-11,13,19H,4,12H2,1-3H3,(H,23,24,25)/b22-13+. The van der Waals surface area contributed by atoms with Crippen molar-refractivity contribution < 1.29 is 19.0 Å². The average molecular weight is 413 g/mol. The van der Waals surface area contributed by atoms with E-state index < -0.39 is 0 Å². The van der Waals surface area contributed by atoms with Crippen molar-refractivity contribution in [3.8, 4) is 17.2 Å². The van der Waals surface area contributed by atoms with Gasteiger partial charge in [-0.3, -0.25) is 4.79 Å². The molecule has 29 heavy (non-hydrogen) atoms. The summed E-state index contributed by atoms with van der Waals surface area (Å²) < 4.78 is 15.9. The zero-order valence-electron chi connectivity index (χ0n) is 16.5. The molecule has 3 rings (SSSR count). The van der Waals surface area contributed by atoms with Crippen LogP contribution in [0.1, 0.15) is 18.1 Å². The maximum Gasteiger partial charge on any atom is 0.239 e. The number of carbonyl (C=O) groups excluding carboxylic acids is 1. The number of thioether (sulfide) groups is 1. The van der Waals surface area contributed by atoms with E-state index in [1.807, 2.05) is 37.3 Å². The molecule has 152 valence electrons. The van der Waals surface area contributed by atoms with Gasteiger partial charge >= 0.3 is 0 Å². The van der Waals surface area contributed by atoms with Crippen LogP contribution < -0.4 is 19.5 Å². The van der Waals surface area contributed by atoms with Crippen molar-refractivity contribution in [3.05, 3.63) is 53.6 Å². The predicted molar refractivity (Wildman–Crippen MR) is 115 cm³/mol. The van der Waals surface area contributed by atoms with Crippen LogP contribution in [0, 0.1) is 0 Å². The zero-order valence-corrected chi connectivity index (χ0v) is 17.4. The minimum Gasteiger partial charge on any atom is -0.494 e. The highest BCUT2D eigenvalue weighted by Crippen LogP contribution is 2.27. The Hall–Kier alpha value is -3.00. The normalized spacial score (nSPS) is 17.6. The fourth-order valence-corrected chi connectivity index (χ4v) is 3.74. The summed E-state index contributed by atoms with van der Waals surface area (Å²) in [5, 5.41) is 11.2. The monoisotopic (exact) mass is 413 g/mol. The van der Waals surface area contributed by atoms with Crippen LogP contribution in [-0.4, -0.2) is 43.4 Å². The molecule has 1 aliphatic heterocycles. The number of amides is 1. The maximum absolute atomic E-state index is 12.2. The lowest BCUT2D eigenvalue weighted by molar-refractivity contribution is -0.118. The molecule has 8 heteroatoms. The van der Waals surface area contributed by atoms with Crippen LogP contribution in [0.2, 0.25) is 0 Å². The minimum absolute atomic E-state index is 0.0658. The van der Waals surface area contributed by atoms with Crippen LogP contribution in [0.3, 0.4) is 0 Å². The number of benzene rings is 2. The summed E-state index contributed by atoms with van der Waals surface area (Å²) in [5.74, 6) is 2.02. The van der Waals surface area contributed by atoms with E-state index in [2.05, 4.69) is 15.5 Å². The highest BCUT2D eigenvalue weighted by atomic mass is 32.2. The van der Waals surface area contributed by atoms with E-state index in [1.54, 1.807) is 32.6 Å². The molecule has 1 amide bonds. The molecule has 0 aliphatic carbocycles. The second-order valence-corrected chi connectivity index (χ2v) is 7.33. The van der Waals surface area contributed by atoms with Crippen LogP contribution in [0.25, 0.3) is 0 Å². The largest absolute Gasteiger partial charge is 0.494 e. The maximum atomic E-state index is 12.2. The molecule has 1 heterocycles. The van der Waals surface area contributed by atoms with Gasteiger partial charge in [-0.2, -0.15) is 5.10 Å². The molecule has 1 aliphatic rings. The SMILES string of the molecule is CCOc1ccc(CC2S/C(=N\N=C\c3ccc(OC)c(OC)c3)NC2=O)cc1. The number of nitrogens with one attached hydrogen (secondary N) is 1. The highest BCUT2D eigenvalue weighted by molar-refractivity contribution is 8.15.